The Bertz CT molecular complexity index is 847. The smallest absolute Gasteiger partial charge is 0.225 e. The summed E-state index contributed by atoms with van der Waals surface area (Å²) in [5.41, 5.74) is 4.56. The highest BCUT2D eigenvalue weighted by molar-refractivity contribution is 6.30. The molecule has 1 heterocycles. The Morgan fingerprint density at radius 3 is 2.40 bits per heavy atom. The van der Waals surface area contributed by atoms with Crippen LogP contribution in [0.15, 0.2) is 54.6 Å². The lowest BCUT2D eigenvalue weighted by atomic mass is 10.1. The molecule has 3 rings (SSSR count). The van der Waals surface area contributed by atoms with Crippen LogP contribution < -0.4 is 10.6 Å². The number of aryl methyl sites for hydroxylation is 2. The number of hydrogen-bond donors (Lipinski definition) is 2. The van der Waals surface area contributed by atoms with E-state index in [1.165, 1.54) is 11.1 Å². The van der Waals surface area contributed by atoms with Gasteiger partial charge in [0.15, 0.2) is 0 Å². The second-order valence-electron chi connectivity index (χ2n) is 5.98. The summed E-state index contributed by atoms with van der Waals surface area (Å²) in [6.45, 7) is 5.46. The second-order valence-corrected chi connectivity index (χ2v) is 6.41. The summed E-state index contributed by atoms with van der Waals surface area (Å²) < 4.78 is 0. The SMILES string of the molecule is Cc1cc(NCc2ccc(Cl)cc2)nc(NCc2ccccc2C)n1. The van der Waals surface area contributed by atoms with Crippen molar-refractivity contribution in [2.45, 2.75) is 26.9 Å². The number of anilines is 2. The topological polar surface area (TPSA) is 49.8 Å². The monoisotopic (exact) mass is 352 g/mol. The summed E-state index contributed by atoms with van der Waals surface area (Å²) >= 11 is 5.92. The van der Waals surface area contributed by atoms with Gasteiger partial charge in [-0.05, 0) is 42.7 Å². The summed E-state index contributed by atoms with van der Waals surface area (Å²) in [5, 5.41) is 7.39. The molecule has 0 aliphatic carbocycles. The fourth-order valence-electron chi connectivity index (χ4n) is 2.52. The van der Waals surface area contributed by atoms with Crippen molar-refractivity contribution in [1.29, 1.82) is 0 Å². The minimum Gasteiger partial charge on any atom is -0.366 e. The van der Waals surface area contributed by atoms with Crippen LogP contribution in [0.2, 0.25) is 5.02 Å². The first kappa shape index (κ1) is 17.2. The Morgan fingerprint density at radius 1 is 0.880 bits per heavy atom. The van der Waals surface area contributed by atoms with E-state index in [1.54, 1.807) is 0 Å². The lowest BCUT2D eigenvalue weighted by Crippen LogP contribution is -2.08. The minimum absolute atomic E-state index is 0.627. The number of aromatic nitrogens is 2. The highest BCUT2D eigenvalue weighted by Gasteiger charge is 2.04. The maximum absolute atomic E-state index is 5.92. The molecule has 0 fully saturated rings. The van der Waals surface area contributed by atoms with E-state index in [1.807, 2.05) is 49.4 Å². The molecule has 0 saturated carbocycles. The van der Waals surface area contributed by atoms with Crippen molar-refractivity contribution in [1.82, 2.24) is 9.97 Å². The summed E-state index contributed by atoms with van der Waals surface area (Å²) in [6, 6.07) is 18.0. The van der Waals surface area contributed by atoms with Gasteiger partial charge in [0.1, 0.15) is 5.82 Å². The predicted octanol–water partition coefficient (Wildman–Crippen LogP) is 4.97. The van der Waals surface area contributed by atoms with Crippen molar-refractivity contribution in [2.24, 2.45) is 0 Å². The zero-order chi connectivity index (χ0) is 17.6. The Morgan fingerprint density at radius 2 is 1.64 bits per heavy atom. The normalized spacial score (nSPS) is 10.5. The summed E-state index contributed by atoms with van der Waals surface area (Å²) in [4.78, 5) is 9.02. The molecular formula is C20H21ClN4. The molecule has 2 N–H and O–H groups in total. The third-order valence-electron chi connectivity index (χ3n) is 3.94. The molecule has 0 aliphatic heterocycles. The van der Waals surface area contributed by atoms with Gasteiger partial charge in [-0.15, -0.1) is 0 Å². The number of rotatable bonds is 6. The van der Waals surface area contributed by atoms with Crippen molar-refractivity contribution in [2.75, 3.05) is 10.6 Å². The molecule has 0 saturated heterocycles. The molecule has 0 atom stereocenters. The van der Waals surface area contributed by atoms with Gasteiger partial charge in [0, 0.05) is 29.9 Å². The van der Waals surface area contributed by atoms with Crippen LogP contribution in [0.4, 0.5) is 11.8 Å². The maximum atomic E-state index is 5.92. The van der Waals surface area contributed by atoms with Crippen LogP contribution in [-0.4, -0.2) is 9.97 Å². The Hall–Kier alpha value is -2.59. The van der Waals surface area contributed by atoms with Crippen LogP contribution in [0, 0.1) is 13.8 Å². The standard InChI is InChI=1S/C20H21ClN4/c1-14-5-3-4-6-17(14)13-23-20-24-15(2)11-19(25-20)22-12-16-7-9-18(21)10-8-16/h3-11H,12-13H2,1-2H3,(H2,22,23,24,25). The van der Waals surface area contributed by atoms with Crippen LogP contribution in [-0.2, 0) is 13.1 Å². The molecule has 3 aromatic rings. The first-order valence-electron chi connectivity index (χ1n) is 8.22. The number of benzene rings is 2. The van der Waals surface area contributed by atoms with Crippen molar-refractivity contribution in [3.63, 3.8) is 0 Å². The van der Waals surface area contributed by atoms with Crippen molar-refractivity contribution in [3.05, 3.63) is 82.0 Å². The average Bonchev–Trinajstić information content (AvgIpc) is 2.60. The highest BCUT2D eigenvalue weighted by atomic mass is 35.5. The van der Waals surface area contributed by atoms with Crippen molar-refractivity contribution < 1.29 is 0 Å². The quantitative estimate of drug-likeness (QED) is 0.657. The van der Waals surface area contributed by atoms with Gasteiger partial charge in [-0.1, -0.05) is 48.0 Å². The second kappa shape index (κ2) is 7.99. The van der Waals surface area contributed by atoms with E-state index in [2.05, 4.69) is 39.7 Å². The number of hydrogen-bond acceptors (Lipinski definition) is 4. The van der Waals surface area contributed by atoms with E-state index < -0.39 is 0 Å². The largest absolute Gasteiger partial charge is 0.366 e. The molecule has 0 unspecified atom stereocenters. The maximum Gasteiger partial charge on any atom is 0.225 e. The van der Waals surface area contributed by atoms with Gasteiger partial charge in [0.05, 0.1) is 0 Å². The molecule has 0 bridgehead atoms. The van der Waals surface area contributed by atoms with Crippen LogP contribution in [0.25, 0.3) is 0 Å². The zero-order valence-electron chi connectivity index (χ0n) is 14.4. The molecule has 25 heavy (non-hydrogen) atoms. The fraction of sp³-hybridized carbons (Fsp3) is 0.200. The molecule has 128 valence electrons. The van der Waals surface area contributed by atoms with E-state index in [9.17, 15) is 0 Å². The fourth-order valence-corrected chi connectivity index (χ4v) is 2.64. The van der Waals surface area contributed by atoms with Gasteiger partial charge in [-0.3, -0.25) is 0 Å². The number of nitrogens with one attached hydrogen (secondary N) is 2. The first-order chi connectivity index (χ1) is 12.1. The van der Waals surface area contributed by atoms with E-state index in [0.717, 1.165) is 22.1 Å². The van der Waals surface area contributed by atoms with Crippen molar-refractivity contribution in [3.8, 4) is 0 Å². The highest BCUT2D eigenvalue weighted by Crippen LogP contribution is 2.15. The Balaban J connectivity index is 1.65. The molecule has 0 amide bonds. The number of nitrogens with zero attached hydrogens (tertiary/aromatic N) is 2. The van der Waals surface area contributed by atoms with Gasteiger partial charge < -0.3 is 10.6 Å². The van der Waals surface area contributed by atoms with Crippen LogP contribution in [0.1, 0.15) is 22.4 Å². The lowest BCUT2D eigenvalue weighted by Gasteiger charge is -2.11. The van der Waals surface area contributed by atoms with Crippen LogP contribution >= 0.6 is 11.6 Å². The van der Waals surface area contributed by atoms with Gasteiger partial charge in [-0.2, -0.15) is 4.98 Å². The molecule has 1 aromatic heterocycles. The minimum atomic E-state index is 0.627. The lowest BCUT2D eigenvalue weighted by molar-refractivity contribution is 1.01. The average molecular weight is 353 g/mol. The molecule has 2 aromatic carbocycles. The summed E-state index contributed by atoms with van der Waals surface area (Å²) in [7, 11) is 0. The zero-order valence-corrected chi connectivity index (χ0v) is 15.1. The first-order valence-corrected chi connectivity index (χ1v) is 8.60. The summed E-state index contributed by atoms with van der Waals surface area (Å²) in [5.74, 6) is 1.43. The Kier molecular flexibility index (Phi) is 5.51. The van der Waals surface area contributed by atoms with Gasteiger partial charge >= 0.3 is 0 Å². The molecule has 0 spiro atoms. The van der Waals surface area contributed by atoms with E-state index >= 15 is 0 Å². The third kappa shape index (κ3) is 4.94. The third-order valence-corrected chi connectivity index (χ3v) is 4.19. The Labute approximate surface area is 153 Å². The van der Waals surface area contributed by atoms with Gasteiger partial charge in [0.25, 0.3) is 0 Å². The van der Waals surface area contributed by atoms with Gasteiger partial charge in [-0.25, -0.2) is 4.98 Å². The van der Waals surface area contributed by atoms with Gasteiger partial charge in [0.2, 0.25) is 5.95 Å². The summed E-state index contributed by atoms with van der Waals surface area (Å²) in [6.07, 6.45) is 0. The number of halogens is 1. The molecule has 4 nitrogen and oxygen atoms in total. The van der Waals surface area contributed by atoms with Crippen molar-refractivity contribution >= 4 is 23.4 Å². The van der Waals surface area contributed by atoms with E-state index in [4.69, 9.17) is 11.6 Å². The molecule has 0 radical (unpaired) electrons. The molecule has 0 aliphatic rings. The van der Waals surface area contributed by atoms with Crippen LogP contribution in [0.3, 0.4) is 0 Å². The molecule has 5 heteroatoms. The molecular weight excluding hydrogens is 332 g/mol. The van der Waals surface area contributed by atoms with E-state index in [0.29, 0.717) is 19.0 Å². The van der Waals surface area contributed by atoms with E-state index in [-0.39, 0.29) is 0 Å². The van der Waals surface area contributed by atoms with Crippen LogP contribution in [0.5, 0.6) is 0 Å². The predicted molar refractivity (Wildman–Crippen MR) is 104 cm³/mol.